The first kappa shape index (κ1) is 60.8. The molecule has 2 saturated heterocycles. The highest BCUT2D eigenvalue weighted by atomic mass is 35.5. The van der Waals surface area contributed by atoms with Crippen LogP contribution in [0.15, 0.2) is 109 Å². The zero-order valence-electron chi connectivity index (χ0n) is 45.3. The highest BCUT2D eigenvalue weighted by Crippen LogP contribution is 2.32. The van der Waals surface area contributed by atoms with E-state index in [9.17, 15) is 28.8 Å². The largest absolute Gasteiger partial charge is 0.490 e. The number of carbonyl (C=O) groups is 6. The zero-order chi connectivity index (χ0) is 53.6. The number of halogens is 2. The summed E-state index contributed by atoms with van der Waals surface area (Å²) in [6, 6.07) is 27.0. The number of aryl methyl sites for hydroxylation is 2. The van der Waals surface area contributed by atoms with Crippen LogP contribution in [-0.4, -0.2) is 122 Å². The maximum Gasteiger partial charge on any atom is 0.246 e. The number of hydrogen-bond donors (Lipinski definition) is 6. The molecule has 4 aromatic rings. The van der Waals surface area contributed by atoms with Crippen LogP contribution in [0.2, 0.25) is 0 Å². The van der Waals surface area contributed by atoms with Crippen LogP contribution in [0.1, 0.15) is 111 Å². The second-order valence-electron chi connectivity index (χ2n) is 20.6. The number of nitrogens with one attached hydrogen (secondary N) is 6. The van der Waals surface area contributed by atoms with Crippen LogP contribution >= 0.6 is 24.8 Å². The van der Waals surface area contributed by atoms with Crippen LogP contribution in [0.3, 0.4) is 0 Å². The summed E-state index contributed by atoms with van der Waals surface area (Å²) in [6.45, 7) is 4.92. The summed E-state index contributed by atoms with van der Waals surface area (Å²) < 4.78 is 12.0. The molecule has 6 amide bonds. The summed E-state index contributed by atoms with van der Waals surface area (Å²) in [5, 5.41) is 18.3. The van der Waals surface area contributed by atoms with E-state index in [-0.39, 0.29) is 98.4 Å². The van der Waals surface area contributed by atoms with Crippen molar-refractivity contribution in [3.8, 4) is 11.5 Å². The third kappa shape index (κ3) is 15.6. The average Bonchev–Trinajstić information content (AvgIpc) is 4.16. The molecule has 2 aliphatic carbocycles. The lowest BCUT2D eigenvalue weighted by Gasteiger charge is -2.32. The van der Waals surface area contributed by atoms with Gasteiger partial charge >= 0.3 is 0 Å². The van der Waals surface area contributed by atoms with Crippen molar-refractivity contribution in [2.75, 3.05) is 40.4 Å². The van der Waals surface area contributed by atoms with E-state index in [0.29, 0.717) is 50.3 Å². The van der Waals surface area contributed by atoms with Crippen LogP contribution in [0.5, 0.6) is 11.5 Å². The van der Waals surface area contributed by atoms with Crippen molar-refractivity contribution in [3.05, 3.63) is 143 Å². The second-order valence-corrected chi connectivity index (χ2v) is 20.6. The van der Waals surface area contributed by atoms with Gasteiger partial charge in [0.05, 0.1) is 24.2 Å². The smallest absolute Gasteiger partial charge is 0.246 e. The Morgan fingerprint density at radius 3 is 1.31 bits per heavy atom. The average molecular weight is 1110 g/mol. The molecule has 2 fully saturated rings. The number of benzene rings is 4. The number of fused-ring (bicyclic) bond motifs is 2. The molecule has 2 unspecified atom stereocenters. The lowest BCUT2D eigenvalue weighted by molar-refractivity contribution is -0.141. The van der Waals surface area contributed by atoms with Gasteiger partial charge < -0.3 is 51.2 Å². The van der Waals surface area contributed by atoms with Crippen molar-refractivity contribution in [1.82, 2.24) is 41.7 Å². The highest BCUT2D eigenvalue weighted by molar-refractivity contribution is 5.95. The number of carbonyl (C=O) groups excluding carboxylic acids is 6. The molecule has 420 valence electrons. The molecule has 4 aromatic carbocycles. The molecule has 8 atom stereocenters. The molecule has 0 bridgehead atoms. The monoisotopic (exact) mass is 1110 g/mol. The fourth-order valence-electron chi connectivity index (χ4n) is 10.9. The van der Waals surface area contributed by atoms with Gasteiger partial charge in [0, 0.05) is 25.9 Å². The molecular weight excluding hydrogens is 1030 g/mol. The van der Waals surface area contributed by atoms with Gasteiger partial charge in [-0.25, -0.2) is 0 Å². The van der Waals surface area contributed by atoms with E-state index >= 15 is 0 Å². The summed E-state index contributed by atoms with van der Waals surface area (Å²) in [4.78, 5) is 85.8. The molecule has 16 nitrogen and oxygen atoms in total. The third-order valence-corrected chi connectivity index (χ3v) is 15.5. The number of ether oxygens (including phenoxy) is 2. The lowest BCUT2D eigenvalue weighted by Crippen LogP contribution is -2.56. The Balaban J connectivity index is 0.00000492. The maximum absolute atomic E-state index is 14.3. The molecule has 4 aliphatic rings. The van der Waals surface area contributed by atoms with Crippen molar-refractivity contribution in [3.63, 3.8) is 0 Å². The molecule has 18 heteroatoms. The summed E-state index contributed by atoms with van der Waals surface area (Å²) in [7, 11) is 3.38. The number of amides is 6. The molecule has 0 saturated carbocycles. The van der Waals surface area contributed by atoms with Gasteiger partial charge in [0.2, 0.25) is 35.4 Å². The zero-order valence-corrected chi connectivity index (χ0v) is 46.9. The predicted molar refractivity (Wildman–Crippen MR) is 306 cm³/mol. The molecule has 2 heterocycles. The van der Waals surface area contributed by atoms with E-state index in [0.717, 1.165) is 60.8 Å². The molecule has 8 rings (SSSR count). The molecule has 78 heavy (non-hydrogen) atoms. The second kappa shape index (κ2) is 29.5. The normalized spacial score (nSPS) is 20.1. The summed E-state index contributed by atoms with van der Waals surface area (Å²) in [5.41, 5.74) is 6.43. The first-order valence-corrected chi connectivity index (χ1v) is 27.3. The number of hydrogen-bond acceptors (Lipinski definition) is 10. The minimum Gasteiger partial charge on any atom is -0.490 e. The first-order valence-electron chi connectivity index (χ1n) is 27.3. The highest BCUT2D eigenvalue weighted by Gasteiger charge is 2.41. The summed E-state index contributed by atoms with van der Waals surface area (Å²) >= 11 is 0. The van der Waals surface area contributed by atoms with Crippen molar-refractivity contribution in [1.29, 1.82) is 0 Å². The molecule has 0 spiro atoms. The Hall–Kier alpha value is -6.46. The van der Waals surface area contributed by atoms with Crippen LogP contribution in [0.4, 0.5) is 0 Å². The first-order chi connectivity index (χ1) is 36.9. The molecule has 2 aliphatic heterocycles. The van der Waals surface area contributed by atoms with Gasteiger partial charge in [-0.15, -0.1) is 24.8 Å². The Labute approximate surface area is 471 Å². The number of likely N-dealkylation sites (N-methyl/N-ethyl adjacent to an activating group) is 2. The van der Waals surface area contributed by atoms with Crippen molar-refractivity contribution in [2.24, 2.45) is 0 Å². The van der Waals surface area contributed by atoms with E-state index in [1.54, 1.807) is 37.7 Å². The predicted octanol–water partition coefficient (Wildman–Crippen LogP) is 6.18. The van der Waals surface area contributed by atoms with E-state index in [1.165, 1.54) is 11.1 Å². The van der Waals surface area contributed by atoms with Gasteiger partial charge in [-0.1, -0.05) is 72.8 Å². The van der Waals surface area contributed by atoms with E-state index in [4.69, 9.17) is 9.47 Å². The topological polar surface area (TPSA) is 200 Å². The minimum atomic E-state index is -0.876. The Bertz CT molecular complexity index is 2510. The van der Waals surface area contributed by atoms with Gasteiger partial charge in [-0.3, -0.25) is 28.8 Å². The van der Waals surface area contributed by atoms with Crippen molar-refractivity contribution < 1.29 is 38.2 Å². The van der Waals surface area contributed by atoms with Crippen molar-refractivity contribution in [2.45, 2.75) is 139 Å². The Morgan fingerprint density at radius 1 is 0.538 bits per heavy atom. The fraction of sp³-hybridized carbons (Fsp3) is 0.467. The van der Waals surface area contributed by atoms with Crippen molar-refractivity contribution >= 4 is 60.3 Å². The summed E-state index contributed by atoms with van der Waals surface area (Å²) in [5.74, 6) is -0.223. The van der Waals surface area contributed by atoms with E-state index in [1.807, 2.05) is 84.9 Å². The van der Waals surface area contributed by atoms with Crippen LogP contribution in [-0.2, 0) is 54.5 Å². The summed E-state index contributed by atoms with van der Waals surface area (Å²) in [6.07, 6.45) is 12.4. The number of nitrogens with zero attached hydrogens (tertiary/aromatic N) is 2. The van der Waals surface area contributed by atoms with Gasteiger partial charge in [-0.2, -0.15) is 0 Å². The van der Waals surface area contributed by atoms with Crippen LogP contribution in [0.25, 0.3) is 0 Å². The SMILES string of the molecule is CN[C@@H](C)C(=O)NC(Cc1ccc(OC/C=C\COc2ccc(C[C@H](NC(=O)[C@H](C)NC)C(=O)N3CCCC3C(=O)N[C@@H]3CCCc4ccccc43)cc2)cc1)C(=O)N1CCC[C@H]1C(=O)N[C@@H]1CCCc2ccccc21.Cl.Cl. The van der Waals surface area contributed by atoms with Gasteiger partial charge in [0.15, 0.2) is 0 Å². The molecule has 6 N–H and O–H groups in total. The fourth-order valence-corrected chi connectivity index (χ4v) is 10.9. The Morgan fingerprint density at radius 2 is 0.923 bits per heavy atom. The van der Waals surface area contributed by atoms with E-state index in [2.05, 4.69) is 56.2 Å². The number of likely N-dealkylation sites (tertiary alicyclic amines) is 2. The molecular formula is C60H78Cl2N8O8. The van der Waals surface area contributed by atoms with E-state index < -0.39 is 36.3 Å². The van der Waals surface area contributed by atoms with Gasteiger partial charge in [-0.05, 0) is 162 Å². The van der Waals surface area contributed by atoms with Gasteiger partial charge in [0.1, 0.15) is 48.9 Å². The maximum atomic E-state index is 14.3. The standard InChI is InChI=1S/C60H76N8O8.2ClH/c1-39(61-3)55(69)65-51(59(73)67-33-13-23-53(67)57(71)63-49-21-11-17-43-15-5-7-19-47(43)49)37-41-25-29-45(30-26-41)75-35-9-10-36-76-46-31-27-42(28-32-46)38-52(66-56(70)40(2)62-4)60(74)68-34-14-24-54(68)58(72)64-50-22-12-18-44-16-6-8-20-48(44)50;;/h5-10,15-16,19-20,25-32,39-40,49-54,61-62H,11-14,17-18,21-24,33-38H2,1-4H3,(H,63,71)(H,64,72)(H,65,69)(H,66,70);2*1H/b10-9-;;/t39-,40-,49+,50+,51-,52?,53?,54-;;/m0../s1. The van der Waals surface area contributed by atoms with Crippen LogP contribution < -0.4 is 41.4 Å². The Kier molecular flexibility index (Phi) is 23.0. The minimum absolute atomic E-state index is 0. The quantitative estimate of drug-likeness (QED) is 0.0494. The lowest BCUT2D eigenvalue weighted by atomic mass is 9.87. The third-order valence-electron chi connectivity index (χ3n) is 15.5. The molecule has 0 aromatic heterocycles. The molecule has 0 radical (unpaired) electrons. The van der Waals surface area contributed by atoms with Gasteiger partial charge in [0.25, 0.3) is 0 Å². The van der Waals surface area contributed by atoms with Crippen LogP contribution in [0, 0.1) is 0 Å². The number of rotatable bonds is 22.